The van der Waals surface area contributed by atoms with Crippen LogP contribution in [0.2, 0.25) is 0 Å². The van der Waals surface area contributed by atoms with Crippen molar-refractivity contribution in [1.29, 1.82) is 0 Å². The maximum absolute atomic E-state index is 2.22. The predicted molar refractivity (Wildman–Crippen MR) is 63.9 cm³/mol. The second kappa shape index (κ2) is 3.97. The number of aryl methyl sites for hydroxylation is 2. The Labute approximate surface area is 89.2 Å². The molecule has 0 fully saturated rings. The van der Waals surface area contributed by atoms with Gasteiger partial charge in [-0.05, 0) is 31.0 Å². The minimum atomic E-state index is 1.14. The number of rotatable bonds is 2. The zero-order chi connectivity index (χ0) is 9.97. The summed E-state index contributed by atoms with van der Waals surface area (Å²) < 4.78 is 0. The molecule has 1 aromatic carbocycles. The van der Waals surface area contributed by atoms with Gasteiger partial charge < -0.3 is 0 Å². The fourth-order valence-corrected chi connectivity index (χ4v) is 2.39. The van der Waals surface area contributed by atoms with Crippen LogP contribution in [0.25, 0.3) is 10.4 Å². The van der Waals surface area contributed by atoms with E-state index in [2.05, 4.69) is 50.2 Å². The number of hydrogen-bond acceptors (Lipinski definition) is 1. The van der Waals surface area contributed by atoms with Crippen molar-refractivity contribution in [3.63, 3.8) is 0 Å². The summed E-state index contributed by atoms with van der Waals surface area (Å²) in [5.74, 6) is 0. The van der Waals surface area contributed by atoms with Crippen molar-refractivity contribution in [3.8, 4) is 10.4 Å². The van der Waals surface area contributed by atoms with Crippen molar-refractivity contribution in [2.45, 2.75) is 20.3 Å². The molecule has 1 aromatic heterocycles. The summed E-state index contributed by atoms with van der Waals surface area (Å²) in [5.41, 5.74) is 2.65. The van der Waals surface area contributed by atoms with Gasteiger partial charge in [-0.2, -0.15) is 0 Å². The van der Waals surface area contributed by atoms with Gasteiger partial charge in [-0.25, -0.2) is 0 Å². The summed E-state index contributed by atoms with van der Waals surface area (Å²) in [6, 6.07) is 13.2. The molecule has 0 nitrogen and oxygen atoms in total. The molecule has 0 radical (unpaired) electrons. The number of thiophene rings is 1. The van der Waals surface area contributed by atoms with E-state index >= 15 is 0 Å². The Balaban J connectivity index is 2.34. The van der Waals surface area contributed by atoms with Crippen LogP contribution in [0.1, 0.15) is 17.4 Å². The van der Waals surface area contributed by atoms with Crippen LogP contribution >= 0.6 is 11.3 Å². The lowest BCUT2D eigenvalue weighted by Gasteiger charge is -1.97. The van der Waals surface area contributed by atoms with Gasteiger partial charge in [-0.15, -0.1) is 11.3 Å². The molecule has 0 aliphatic heterocycles. The van der Waals surface area contributed by atoms with Crippen LogP contribution in [0.5, 0.6) is 0 Å². The summed E-state index contributed by atoms with van der Waals surface area (Å²) in [5, 5.41) is 0. The normalized spacial score (nSPS) is 10.4. The van der Waals surface area contributed by atoms with E-state index in [0.29, 0.717) is 0 Å². The lowest BCUT2D eigenvalue weighted by atomic mass is 10.1. The highest BCUT2D eigenvalue weighted by atomic mass is 32.1. The molecule has 0 atom stereocenters. The van der Waals surface area contributed by atoms with Gasteiger partial charge in [0.25, 0.3) is 0 Å². The Kier molecular flexibility index (Phi) is 2.69. The van der Waals surface area contributed by atoms with E-state index in [1.165, 1.54) is 20.9 Å². The third kappa shape index (κ3) is 1.88. The maximum atomic E-state index is 2.22. The van der Waals surface area contributed by atoms with Crippen LogP contribution < -0.4 is 0 Å². The van der Waals surface area contributed by atoms with Crippen LogP contribution in [0.3, 0.4) is 0 Å². The van der Waals surface area contributed by atoms with Crippen molar-refractivity contribution in [2.24, 2.45) is 0 Å². The molecule has 1 heteroatoms. The summed E-state index contributed by atoms with van der Waals surface area (Å²) in [6.07, 6.45) is 1.14. The van der Waals surface area contributed by atoms with Crippen molar-refractivity contribution < 1.29 is 0 Å². The smallest absolute Gasteiger partial charge is 0.0345 e. The van der Waals surface area contributed by atoms with Gasteiger partial charge in [-0.3, -0.25) is 0 Å². The molecular weight excluding hydrogens is 188 g/mol. The molecule has 72 valence electrons. The Bertz CT molecular complexity index is 409. The quantitative estimate of drug-likeness (QED) is 0.681. The first-order chi connectivity index (χ1) is 6.79. The molecule has 0 saturated carbocycles. The minimum Gasteiger partial charge on any atom is -0.140 e. The molecule has 0 unspecified atom stereocenters. The van der Waals surface area contributed by atoms with E-state index in [-0.39, 0.29) is 0 Å². The maximum Gasteiger partial charge on any atom is 0.0345 e. The van der Waals surface area contributed by atoms with E-state index < -0.39 is 0 Å². The van der Waals surface area contributed by atoms with Crippen LogP contribution in [0.15, 0.2) is 36.4 Å². The van der Waals surface area contributed by atoms with Gasteiger partial charge in [0.1, 0.15) is 0 Å². The van der Waals surface area contributed by atoms with Crippen molar-refractivity contribution in [1.82, 2.24) is 0 Å². The third-order valence-electron chi connectivity index (χ3n) is 2.35. The van der Waals surface area contributed by atoms with Crippen molar-refractivity contribution in [2.75, 3.05) is 0 Å². The highest BCUT2D eigenvalue weighted by molar-refractivity contribution is 7.15. The average Bonchev–Trinajstić information content (AvgIpc) is 2.67. The van der Waals surface area contributed by atoms with Gasteiger partial charge >= 0.3 is 0 Å². The van der Waals surface area contributed by atoms with Crippen LogP contribution in [0, 0.1) is 6.92 Å². The van der Waals surface area contributed by atoms with E-state index in [0.717, 1.165) is 6.42 Å². The molecular formula is C13H14S. The van der Waals surface area contributed by atoms with E-state index in [1.54, 1.807) is 0 Å². The van der Waals surface area contributed by atoms with Crippen molar-refractivity contribution >= 4 is 11.3 Å². The molecule has 0 saturated heterocycles. The molecule has 14 heavy (non-hydrogen) atoms. The molecule has 1 heterocycles. The summed E-state index contributed by atoms with van der Waals surface area (Å²) in [6.45, 7) is 4.32. The Hall–Kier alpha value is -1.08. The fourth-order valence-electron chi connectivity index (χ4n) is 1.44. The van der Waals surface area contributed by atoms with E-state index in [4.69, 9.17) is 0 Å². The lowest BCUT2D eigenvalue weighted by molar-refractivity contribution is 1.19. The lowest BCUT2D eigenvalue weighted by Crippen LogP contribution is -1.73. The molecule has 2 aromatic rings. The van der Waals surface area contributed by atoms with Gasteiger partial charge in [0, 0.05) is 9.75 Å². The average molecular weight is 202 g/mol. The first-order valence-electron chi connectivity index (χ1n) is 4.95. The molecule has 0 aliphatic carbocycles. The Morgan fingerprint density at radius 2 is 1.71 bits per heavy atom. The first-order valence-corrected chi connectivity index (χ1v) is 5.77. The van der Waals surface area contributed by atoms with Crippen LogP contribution in [-0.4, -0.2) is 0 Å². The largest absolute Gasteiger partial charge is 0.140 e. The third-order valence-corrected chi connectivity index (χ3v) is 3.62. The Morgan fingerprint density at radius 1 is 1.00 bits per heavy atom. The minimum absolute atomic E-state index is 1.14. The second-order valence-corrected chi connectivity index (χ2v) is 4.65. The predicted octanol–water partition coefficient (Wildman–Crippen LogP) is 4.29. The molecule has 0 aliphatic rings. The molecule has 0 amide bonds. The summed E-state index contributed by atoms with van der Waals surface area (Å²) in [7, 11) is 0. The topological polar surface area (TPSA) is 0 Å². The second-order valence-electron chi connectivity index (χ2n) is 3.49. The number of hydrogen-bond donors (Lipinski definition) is 0. The van der Waals surface area contributed by atoms with Gasteiger partial charge in [0.2, 0.25) is 0 Å². The standard InChI is InChI=1S/C13H14S/c1-3-12-8-9-13(14-12)11-6-4-10(2)5-7-11/h4-9H,3H2,1-2H3. The van der Waals surface area contributed by atoms with Gasteiger partial charge in [-0.1, -0.05) is 36.8 Å². The monoisotopic (exact) mass is 202 g/mol. The zero-order valence-corrected chi connectivity index (χ0v) is 9.40. The van der Waals surface area contributed by atoms with Crippen LogP contribution in [0.4, 0.5) is 0 Å². The fraction of sp³-hybridized carbons (Fsp3) is 0.231. The van der Waals surface area contributed by atoms with Crippen LogP contribution in [-0.2, 0) is 6.42 Å². The van der Waals surface area contributed by atoms with Gasteiger partial charge in [0.05, 0.1) is 0 Å². The highest BCUT2D eigenvalue weighted by Gasteiger charge is 2.00. The summed E-state index contributed by atoms with van der Waals surface area (Å²) in [4.78, 5) is 2.84. The van der Waals surface area contributed by atoms with Crippen molar-refractivity contribution in [3.05, 3.63) is 46.8 Å². The molecule has 0 bridgehead atoms. The van der Waals surface area contributed by atoms with Gasteiger partial charge in [0.15, 0.2) is 0 Å². The highest BCUT2D eigenvalue weighted by Crippen LogP contribution is 2.28. The van der Waals surface area contributed by atoms with E-state index in [9.17, 15) is 0 Å². The zero-order valence-electron chi connectivity index (χ0n) is 8.58. The van der Waals surface area contributed by atoms with E-state index in [1.807, 2.05) is 11.3 Å². The molecule has 2 rings (SSSR count). The first kappa shape index (κ1) is 9.47. The molecule has 0 spiro atoms. The SMILES string of the molecule is CCc1ccc(-c2ccc(C)cc2)s1. The summed E-state index contributed by atoms with van der Waals surface area (Å²) >= 11 is 1.89. The number of benzene rings is 1. The Morgan fingerprint density at radius 3 is 2.29 bits per heavy atom. The molecule has 0 N–H and O–H groups in total.